The van der Waals surface area contributed by atoms with Gasteiger partial charge in [-0.25, -0.2) is 5.43 Å². The van der Waals surface area contributed by atoms with Crippen LogP contribution in [0.4, 0.5) is 0 Å². The van der Waals surface area contributed by atoms with Crippen LogP contribution in [-0.2, 0) is 4.79 Å². The molecule has 114 valence electrons. The van der Waals surface area contributed by atoms with E-state index in [0.717, 1.165) is 11.1 Å². The van der Waals surface area contributed by atoms with Gasteiger partial charge in [0.2, 0.25) is 0 Å². The van der Waals surface area contributed by atoms with E-state index in [1.54, 1.807) is 37.3 Å². The van der Waals surface area contributed by atoms with Crippen molar-refractivity contribution in [3.05, 3.63) is 59.2 Å². The number of hydrogen-bond acceptors (Lipinski definition) is 4. The lowest BCUT2D eigenvalue weighted by Gasteiger charge is -2.05. The minimum atomic E-state index is -0.371. The van der Waals surface area contributed by atoms with Crippen LogP contribution in [0, 0.1) is 13.8 Å². The van der Waals surface area contributed by atoms with Crippen molar-refractivity contribution in [2.24, 2.45) is 5.10 Å². The number of carbonyl (C=O) groups excluding carboxylic acids is 1. The predicted molar refractivity (Wildman–Crippen MR) is 85.3 cm³/mol. The Morgan fingerprint density at radius 1 is 1.23 bits per heavy atom. The average molecular weight is 298 g/mol. The summed E-state index contributed by atoms with van der Waals surface area (Å²) < 4.78 is 5.33. The summed E-state index contributed by atoms with van der Waals surface area (Å²) in [7, 11) is 0. The number of nitrogens with one attached hydrogen (secondary N) is 1. The molecule has 2 aromatic rings. The van der Waals surface area contributed by atoms with Gasteiger partial charge in [-0.1, -0.05) is 29.8 Å². The number of ether oxygens (including phenoxy) is 1. The Bertz CT molecular complexity index is 679. The fraction of sp³-hybridized carbons (Fsp3) is 0.176. The SMILES string of the molecule is Cc1ccc(OCC(=O)N/N=C/c2cccc(C)c2O)cc1. The maximum atomic E-state index is 11.6. The van der Waals surface area contributed by atoms with E-state index in [1.165, 1.54) is 6.21 Å². The Morgan fingerprint density at radius 3 is 2.68 bits per heavy atom. The molecule has 0 fully saturated rings. The van der Waals surface area contributed by atoms with Crippen molar-refractivity contribution in [3.63, 3.8) is 0 Å². The minimum absolute atomic E-state index is 0.125. The summed E-state index contributed by atoms with van der Waals surface area (Å²) in [5, 5.41) is 13.6. The normalized spacial score (nSPS) is 10.6. The van der Waals surface area contributed by atoms with Gasteiger partial charge in [-0.3, -0.25) is 4.79 Å². The number of benzene rings is 2. The first-order chi connectivity index (χ1) is 10.6. The van der Waals surface area contributed by atoms with E-state index in [1.807, 2.05) is 19.1 Å². The zero-order chi connectivity index (χ0) is 15.9. The molecule has 2 N–H and O–H groups in total. The fourth-order valence-electron chi connectivity index (χ4n) is 1.78. The number of amides is 1. The van der Waals surface area contributed by atoms with E-state index in [0.29, 0.717) is 11.3 Å². The van der Waals surface area contributed by atoms with Crippen LogP contribution >= 0.6 is 0 Å². The molecule has 0 aliphatic carbocycles. The highest BCUT2D eigenvalue weighted by atomic mass is 16.5. The highest BCUT2D eigenvalue weighted by molar-refractivity contribution is 5.85. The second-order valence-electron chi connectivity index (χ2n) is 4.91. The molecule has 5 nitrogen and oxygen atoms in total. The maximum Gasteiger partial charge on any atom is 0.277 e. The van der Waals surface area contributed by atoms with Crippen LogP contribution in [-0.4, -0.2) is 23.8 Å². The van der Waals surface area contributed by atoms with Crippen molar-refractivity contribution < 1.29 is 14.6 Å². The van der Waals surface area contributed by atoms with Crippen molar-refractivity contribution in [3.8, 4) is 11.5 Å². The largest absolute Gasteiger partial charge is 0.507 e. The summed E-state index contributed by atoms with van der Waals surface area (Å²) in [6.45, 7) is 3.65. The molecule has 0 radical (unpaired) electrons. The minimum Gasteiger partial charge on any atom is -0.507 e. The van der Waals surface area contributed by atoms with E-state index < -0.39 is 0 Å². The molecule has 0 atom stereocenters. The van der Waals surface area contributed by atoms with Gasteiger partial charge >= 0.3 is 0 Å². The Morgan fingerprint density at radius 2 is 1.95 bits per heavy atom. The molecule has 0 heterocycles. The number of hydrogen-bond donors (Lipinski definition) is 2. The van der Waals surface area contributed by atoms with Crippen LogP contribution < -0.4 is 10.2 Å². The maximum absolute atomic E-state index is 11.6. The van der Waals surface area contributed by atoms with Gasteiger partial charge in [0.15, 0.2) is 6.61 Å². The number of nitrogens with zero attached hydrogens (tertiary/aromatic N) is 1. The lowest BCUT2D eigenvalue weighted by molar-refractivity contribution is -0.123. The van der Waals surface area contributed by atoms with E-state index in [9.17, 15) is 9.90 Å². The van der Waals surface area contributed by atoms with Crippen LogP contribution in [0.25, 0.3) is 0 Å². The number of phenolic OH excluding ortho intramolecular Hbond substituents is 1. The standard InChI is InChI=1S/C17H18N2O3/c1-12-6-8-15(9-7-12)22-11-16(20)19-18-10-14-5-3-4-13(2)17(14)21/h3-10,21H,11H2,1-2H3,(H,19,20)/b18-10+. The lowest BCUT2D eigenvalue weighted by Crippen LogP contribution is -2.24. The number of phenols is 1. The highest BCUT2D eigenvalue weighted by Gasteiger charge is 2.03. The number of carbonyl (C=O) groups is 1. The summed E-state index contributed by atoms with van der Waals surface area (Å²) in [6.07, 6.45) is 1.39. The zero-order valence-corrected chi connectivity index (χ0v) is 12.5. The third-order valence-corrected chi connectivity index (χ3v) is 3.05. The van der Waals surface area contributed by atoms with Gasteiger partial charge in [0, 0.05) is 5.56 Å². The van der Waals surface area contributed by atoms with Gasteiger partial charge in [0.1, 0.15) is 11.5 Å². The van der Waals surface area contributed by atoms with Gasteiger partial charge in [-0.15, -0.1) is 0 Å². The molecule has 2 aromatic carbocycles. The van der Waals surface area contributed by atoms with Crippen LogP contribution in [0.5, 0.6) is 11.5 Å². The summed E-state index contributed by atoms with van der Waals surface area (Å²) >= 11 is 0. The lowest BCUT2D eigenvalue weighted by atomic mass is 10.1. The first-order valence-corrected chi connectivity index (χ1v) is 6.86. The first-order valence-electron chi connectivity index (χ1n) is 6.86. The number of para-hydroxylation sites is 1. The smallest absolute Gasteiger partial charge is 0.277 e. The quantitative estimate of drug-likeness (QED) is 0.658. The van der Waals surface area contributed by atoms with E-state index >= 15 is 0 Å². The van der Waals surface area contributed by atoms with E-state index in [-0.39, 0.29) is 18.3 Å². The average Bonchev–Trinajstić information content (AvgIpc) is 2.51. The second-order valence-corrected chi connectivity index (χ2v) is 4.91. The zero-order valence-electron chi connectivity index (χ0n) is 12.5. The van der Waals surface area contributed by atoms with Gasteiger partial charge in [-0.05, 0) is 37.6 Å². The number of aryl methyl sites for hydroxylation is 2. The van der Waals surface area contributed by atoms with Gasteiger partial charge in [-0.2, -0.15) is 5.10 Å². The highest BCUT2D eigenvalue weighted by Crippen LogP contribution is 2.19. The van der Waals surface area contributed by atoms with Crippen molar-refractivity contribution in [1.29, 1.82) is 0 Å². The topological polar surface area (TPSA) is 70.9 Å². The molecular formula is C17H18N2O3. The van der Waals surface area contributed by atoms with Crippen LogP contribution in [0.1, 0.15) is 16.7 Å². The van der Waals surface area contributed by atoms with Crippen LogP contribution in [0.3, 0.4) is 0 Å². The van der Waals surface area contributed by atoms with Gasteiger partial charge in [0.05, 0.1) is 6.21 Å². The third kappa shape index (κ3) is 4.34. The van der Waals surface area contributed by atoms with E-state index in [4.69, 9.17) is 4.74 Å². The molecule has 0 aliphatic rings. The molecule has 0 saturated heterocycles. The van der Waals surface area contributed by atoms with Crippen molar-refractivity contribution >= 4 is 12.1 Å². The molecule has 5 heteroatoms. The Kier molecular flexibility index (Phi) is 5.14. The fourth-order valence-corrected chi connectivity index (χ4v) is 1.78. The summed E-state index contributed by atoms with van der Waals surface area (Å²) in [5.74, 6) is 0.404. The second kappa shape index (κ2) is 7.26. The molecule has 0 bridgehead atoms. The first kappa shape index (κ1) is 15.6. The molecule has 0 spiro atoms. The number of hydrazone groups is 1. The summed E-state index contributed by atoms with van der Waals surface area (Å²) in [6, 6.07) is 12.7. The Balaban J connectivity index is 1.83. The molecule has 22 heavy (non-hydrogen) atoms. The van der Waals surface area contributed by atoms with Gasteiger partial charge < -0.3 is 9.84 Å². The monoisotopic (exact) mass is 298 g/mol. The van der Waals surface area contributed by atoms with Crippen molar-refractivity contribution in [1.82, 2.24) is 5.43 Å². The molecule has 0 aliphatic heterocycles. The van der Waals surface area contributed by atoms with Crippen molar-refractivity contribution in [2.75, 3.05) is 6.61 Å². The molecule has 0 aromatic heterocycles. The number of rotatable bonds is 5. The summed E-state index contributed by atoms with van der Waals surface area (Å²) in [4.78, 5) is 11.6. The molecule has 0 unspecified atom stereocenters. The van der Waals surface area contributed by atoms with E-state index in [2.05, 4.69) is 10.5 Å². The third-order valence-electron chi connectivity index (χ3n) is 3.05. The summed E-state index contributed by atoms with van der Waals surface area (Å²) in [5.41, 5.74) is 4.77. The Labute approximate surface area is 129 Å². The Hall–Kier alpha value is -2.82. The number of aromatic hydroxyl groups is 1. The molecule has 1 amide bonds. The van der Waals surface area contributed by atoms with Gasteiger partial charge in [0.25, 0.3) is 5.91 Å². The van der Waals surface area contributed by atoms with Crippen LogP contribution in [0.2, 0.25) is 0 Å². The molecule has 0 saturated carbocycles. The molecular weight excluding hydrogens is 280 g/mol. The van der Waals surface area contributed by atoms with Crippen molar-refractivity contribution in [2.45, 2.75) is 13.8 Å². The predicted octanol–water partition coefficient (Wildman–Crippen LogP) is 2.54. The van der Waals surface area contributed by atoms with Crippen LogP contribution in [0.15, 0.2) is 47.6 Å². The molecule has 2 rings (SSSR count).